The van der Waals surface area contributed by atoms with Crippen LogP contribution in [0.2, 0.25) is 0 Å². The zero-order valence-corrected chi connectivity index (χ0v) is 9.42. The van der Waals surface area contributed by atoms with Crippen LogP contribution in [0.15, 0.2) is 0 Å². The highest BCUT2D eigenvalue weighted by Gasteiger charge is 2.31. The average Bonchev–Trinajstić information content (AvgIpc) is 2.11. The molecule has 4 atom stereocenters. The van der Waals surface area contributed by atoms with E-state index in [9.17, 15) is 0 Å². The Morgan fingerprint density at radius 3 is 2.46 bits per heavy atom. The van der Waals surface area contributed by atoms with Gasteiger partial charge in [0.15, 0.2) is 0 Å². The molecule has 1 aliphatic rings. The molecule has 0 bridgehead atoms. The van der Waals surface area contributed by atoms with Gasteiger partial charge in [-0.05, 0) is 30.6 Å². The highest BCUT2D eigenvalue weighted by molar-refractivity contribution is 4.86. The third-order valence-electron chi connectivity index (χ3n) is 3.76. The molecule has 0 saturated heterocycles. The standard InChI is InChI=1S/C12H25N/c1-4-6-10-7-9(3)12(13)11(5-2)8-10/h9-12H,4-8,13H2,1-3H3. The van der Waals surface area contributed by atoms with Crippen LogP contribution in [-0.2, 0) is 0 Å². The predicted octanol–water partition coefficient (Wildman–Crippen LogP) is 3.19. The molecular formula is C12H25N. The molecule has 0 aromatic rings. The summed E-state index contributed by atoms with van der Waals surface area (Å²) in [5.41, 5.74) is 6.19. The van der Waals surface area contributed by atoms with Crippen molar-refractivity contribution in [2.45, 2.75) is 58.9 Å². The van der Waals surface area contributed by atoms with E-state index in [4.69, 9.17) is 5.73 Å². The second-order valence-electron chi connectivity index (χ2n) is 4.85. The SMILES string of the molecule is CCCC1CC(C)C(N)C(CC)C1. The van der Waals surface area contributed by atoms with Crippen LogP contribution in [0, 0.1) is 17.8 Å². The van der Waals surface area contributed by atoms with Crippen LogP contribution in [-0.4, -0.2) is 6.04 Å². The number of hydrogen-bond acceptors (Lipinski definition) is 1. The van der Waals surface area contributed by atoms with Gasteiger partial charge in [-0.2, -0.15) is 0 Å². The summed E-state index contributed by atoms with van der Waals surface area (Å²) in [6, 6.07) is 0.470. The molecule has 1 nitrogen and oxygen atoms in total. The molecule has 1 aliphatic carbocycles. The van der Waals surface area contributed by atoms with Crippen molar-refractivity contribution < 1.29 is 0 Å². The molecule has 1 rings (SSSR count). The van der Waals surface area contributed by atoms with Crippen molar-refractivity contribution in [3.05, 3.63) is 0 Å². The molecule has 4 unspecified atom stereocenters. The second-order valence-corrected chi connectivity index (χ2v) is 4.85. The van der Waals surface area contributed by atoms with Gasteiger partial charge in [-0.1, -0.05) is 40.0 Å². The summed E-state index contributed by atoms with van der Waals surface area (Å²) < 4.78 is 0. The van der Waals surface area contributed by atoms with Gasteiger partial charge in [-0.3, -0.25) is 0 Å². The lowest BCUT2D eigenvalue weighted by molar-refractivity contribution is 0.160. The zero-order chi connectivity index (χ0) is 9.84. The van der Waals surface area contributed by atoms with E-state index in [1.54, 1.807) is 0 Å². The predicted molar refractivity (Wildman–Crippen MR) is 58.6 cm³/mol. The van der Waals surface area contributed by atoms with Crippen LogP contribution in [0.4, 0.5) is 0 Å². The fourth-order valence-corrected chi connectivity index (χ4v) is 2.91. The number of rotatable bonds is 3. The van der Waals surface area contributed by atoms with Crippen molar-refractivity contribution in [2.75, 3.05) is 0 Å². The Hall–Kier alpha value is -0.0400. The Kier molecular flexibility index (Phi) is 4.24. The molecule has 1 heteroatoms. The Balaban J connectivity index is 2.47. The Morgan fingerprint density at radius 2 is 1.92 bits per heavy atom. The summed E-state index contributed by atoms with van der Waals surface area (Å²) in [5.74, 6) is 2.50. The maximum Gasteiger partial charge on any atom is 0.00931 e. The van der Waals surface area contributed by atoms with E-state index >= 15 is 0 Å². The van der Waals surface area contributed by atoms with E-state index in [-0.39, 0.29) is 0 Å². The van der Waals surface area contributed by atoms with Crippen LogP contribution in [0.1, 0.15) is 52.9 Å². The Morgan fingerprint density at radius 1 is 1.23 bits per heavy atom. The highest BCUT2D eigenvalue weighted by atomic mass is 14.7. The molecular weight excluding hydrogens is 158 g/mol. The minimum Gasteiger partial charge on any atom is -0.327 e. The molecule has 0 aromatic heterocycles. The van der Waals surface area contributed by atoms with Crippen LogP contribution in [0.25, 0.3) is 0 Å². The lowest BCUT2D eigenvalue weighted by Gasteiger charge is -2.38. The summed E-state index contributed by atoms with van der Waals surface area (Å²) in [6.07, 6.45) is 6.77. The van der Waals surface area contributed by atoms with Crippen LogP contribution in [0.3, 0.4) is 0 Å². The van der Waals surface area contributed by atoms with Gasteiger partial charge in [0.1, 0.15) is 0 Å². The molecule has 0 spiro atoms. The summed E-state index contributed by atoms with van der Waals surface area (Å²) in [6.45, 7) is 6.90. The number of hydrogen-bond donors (Lipinski definition) is 1. The highest BCUT2D eigenvalue weighted by Crippen LogP contribution is 2.36. The molecule has 0 aliphatic heterocycles. The fourth-order valence-electron chi connectivity index (χ4n) is 2.91. The van der Waals surface area contributed by atoms with Gasteiger partial charge in [0.2, 0.25) is 0 Å². The Bertz CT molecular complexity index is 144. The summed E-state index contributed by atoms with van der Waals surface area (Å²) in [7, 11) is 0. The third-order valence-corrected chi connectivity index (χ3v) is 3.76. The second kappa shape index (κ2) is 4.99. The van der Waals surface area contributed by atoms with Crippen LogP contribution < -0.4 is 5.73 Å². The van der Waals surface area contributed by atoms with Crippen molar-refractivity contribution in [3.8, 4) is 0 Å². The zero-order valence-electron chi connectivity index (χ0n) is 9.42. The first-order chi connectivity index (χ1) is 6.19. The third kappa shape index (κ3) is 2.70. The van der Waals surface area contributed by atoms with Gasteiger partial charge < -0.3 is 5.73 Å². The summed E-state index contributed by atoms with van der Waals surface area (Å²) in [5, 5.41) is 0. The largest absolute Gasteiger partial charge is 0.327 e. The van der Waals surface area contributed by atoms with Crippen molar-refractivity contribution in [1.82, 2.24) is 0 Å². The van der Waals surface area contributed by atoms with E-state index in [0.717, 1.165) is 17.8 Å². The number of nitrogens with two attached hydrogens (primary N) is 1. The first-order valence-corrected chi connectivity index (χ1v) is 5.94. The molecule has 13 heavy (non-hydrogen) atoms. The molecule has 0 heterocycles. The van der Waals surface area contributed by atoms with Gasteiger partial charge in [0, 0.05) is 6.04 Å². The van der Waals surface area contributed by atoms with Crippen molar-refractivity contribution in [1.29, 1.82) is 0 Å². The first kappa shape index (κ1) is 11.0. The lowest BCUT2D eigenvalue weighted by atomic mass is 9.70. The van der Waals surface area contributed by atoms with Gasteiger partial charge in [0.25, 0.3) is 0 Å². The first-order valence-electron chi connectivity index (χ1n) is 5.94. The summed E-state index contributed by atoms with van der Waals surface area (Å²) in [4.78, 5) is 0. The normalized spacial score (nSPS) is 40.6. The van der Waals surface area contributed by atoms with Gasteiger partial charge in [-0.15, -0.1) is 0 Å². The van der Waals surface area contributed by atoms with Gasteiger partial charge >= 0.3 is 0 Å². The molecule has 1 saturated carbocycles. The maximum absolute atomic E-state index is 6.19. The van der Waals surface area contributed by atoms with E-state index in [2.05, 4.69) is 20.8 Å². The smallest absolute Gasteiger partial charge is 0.00931 e. The van der Waals surface area contributed by atoms with Crippen molar-refractivity contribution in [2.24, 2.45) is 23.5 Å². The lowest BCUT2D eigenvalue weighted by Crippen LogP contribution is -2.42. The van der Waals surface area contributed by atoms with E-state index in [1.807, 2.05) is 0 Å². The Labute approximate surface area is 83.1 Å². The van der Waals surface area contributed by atoms with Gasteiger partial charge in [-0.25, -0.2) is 0 Å². The topological polar surface area (TPSA) is 26.0 Å². The maximum atomic E-state index is 6.19. The minimum atomic E-state index is 0.470. The minimum absolute atomic E-state index is 0.470. The molecule has 0 aromatic carbocycles. The van der Waals surface area contributed by atoms with Crippen molar-refractivity contribution in [3.63, 3.8) is 0 Å². The average molecular weight is 183 g/mol. The molecule has 2 N–H and O–H groups in total. The quantitative estimate of drug-likeness (QED) is 0.714. The molecule has 0 amide bonds. The monoisotopic (exact) mass is 183 g/mol. The molecule has 0 radical (unpaired) electrons. The van der Waals surface area contributed by atoms with Crippen LogP contribution >= 0.6 is 0 Å². The summed E-state index contributed by atoms with van der Waals surface area (Å²) >= 11 is 0. The molecule has 78 valence electrons. The van der Waals surface area contributed by atoms with E-state index in [1.165, 1.54) is 32.1 Å². The van der Waals surface area contributed by atoms with E-state index < -0.39 is 0 Å². The fraction of sp³-hybridized carbons (Fsp3) is 1.00. The van der Waals surface area contributed by atoms with Crippen LogP contribution in [0.5, 0.6) is 0 Å². The molecule has 1 fully saturated rings. The van der Waals surface area contributed by atoms with E-state index in [0.29, 0.717) is 6.04 Å². The van der Waals surface area contributed by atoms with Crippen molar-refractivity contribution >= 4 is 0 Å². The van der Waals surface area contributed by atoms with Gasteiger partial charge in [0.05, 0.1) is 0 Å².